The van der Waals surface area contributed by atoms with E-state index in [1.54, 1.807) is 0 Å². The average Bonchev–Trinajstić information content (AvgIpc) is 2.82. The number of benzene rings is 1. The molecule has 98 valence electrons. The molecule has 2 aliphatic heterocycles. The minimum absolute atomic E-state index is 0.547. The summed E-state index contributed by atoms with van der Waals surface area (Å²) < 4.78 is 11.0. The molecule has 0 radical (unpaired) electrons. The van der Waals surface area contributed by atoms with E-state index in [0.29, 0.717) is 5.05 Å². The lowest BCUT2D eigenvalue weighted by molar-refractivity contribution is 0.0592. The predicted molar refractivity (Wildman–Crippen MR) is 78.6 cm³/mol. The van der Waals surface area contributed by atoms with Crippen LogP contribution in [0.5, 0.6) is 0 Å². The Morgan fingerprint density at radius 2 is 1.84 bits per heavy atom. The molecule has 3 nitrogen and oxygen atoms in total. The Bertz CT molecular complexity index is 530. The molecule has 2 aliphatic rings. The van der Waals surface area contributed by atoms with Crippen molar-refractivity contribution in [1.29, 1.82) is 0 Å². The molecule has 0 aromatic heterocycles. The monoisotopic (exact) mass is 273 g/mol. The Labute approximate surface area is 118 Å². The number of thiocarbonyl (C=S) groups is 1. The van der Waals surface area contributed by atoms with E-state index in [1.165, 1.54) is 0 Å². The quantitative estimate of drug-likeness (QED) is 0.610. The summed E-state index contributed by atoms with van der Waals surface area (Å²) in [5.74, 6) is 0.824. The predicted octanol–water partition coefficient (Wildman–Crippen LogP) is 2.60. The second-order valence-corrected chi connectivity index (χ2v) is 4.87. The molecule has 0 unspecified atom stereocenters. The van der Waals surface area contributed by atoms with Crippen LogP contribution in [0.2, 0.25) is 0 Å². The number of nitrogens with zero attached hydrogens (tertiary/aromatic N) is 1. The average molecular weight is 273 g/mol. The first-order chi connectivity index (χ1) is 9.33. The van der Waals surface area contributed by atoms with Crippen molar-refractivity contribution in [3.05, 3.63) is 53.7 Å². The lowest BCUT2D eigenvalue weighted by atomic mass is 10.1. The third kappa shape index (κ3) is 2.85. The molecule has 1 saturated heterocycles. The van der Waals surface area contributed by atoms with E-state index in [9.17, 15) is 0 Å². The largest absolute Gasteiger partial charge is 0.445 e. The zero-order chi connectivity index (χ0) is 13.1. The fraction of sp³-hybridized carbons (Fsp3) is 0.267. The van der Waals surface area contributed by atoms with Gasteiger partial charge in [0, 0.05) is 30.4 Å². The van der Waals surface area contributed by atoms with Crippen molar-refractivity contribution in [3.63, 3.8) is 0 Å². The van der Waals surface area contributed by atoms with Gasteiger partial charge < -0.3 is 14.4 Å². The van der Waals surface area contributed by atoms with Gasteiger partial charge in [0.15, 0.2) is 5.05 Å². The van der Waals surface area contributed by atoms with Crippen LogP contribution < -0.4 is 0 Å². The number of ether oxygens (including phenoxy) is 2. The molecule has 19 heavy (non-hydrogen) atoms. The van der Waals surface area contributed by atoms with Crippen LogP contribution in [0.4, 0.5) is 0 Å². The van der Waals surface area contributed by atoms with Crippen molar-refractivity contribution in [2.45, 2.75) is 0 Å². The Morgan fingerprint density at radius 1 is 1.11 bits per heavy atom. The van der Waals surface area contributed by atoms with Crippen LogP contribution in [-0.4, -0.2) is 36.3 Å². The molecule has 0 N–H and O–H groups in total. The molecule has 0 atom stereocenters. The van der Waals surface area contributed by atoms with Gasteiger partial charge in [-0.2, -0.15) is 0 Å². The SMILES string of the molecule is S=C1OC(c2ccccc2)=CC1=CN1CCOCC1. The first-order valence-electron chi connectivity index (χ1n) is 6.36. The fourth-order valence-electron chi connectivity index (χ4n) is 2.13. The minimum Gasteiger partial charge on any atom is -0.445 e. The molecular formula is C15H15NO2S. The lowest BCUT2D eigenvalue weighted by Crippen LogP contribution is -2.32. The van der Waals surface area contributed by atoms with Gasteiger partial charge >= 0.3 is 0 Å². The second kappa shape index (κ2) is 5.55. The summed E-state index contributed by atoms with van der Waals surface area (Å²) in [5.41, 5.74) is 2.02. The van der Waals surface area contributed by atoms with Gasteiger partial charge in [0.25, 0.3) is 0 Å². The summed E-state index contributed by atoms with van der Waals surface area (Å²) in [4.78, 5) is 2.22. The van der Waals surface area contributed by atoms with Crippen molar-refractivity contribution in [2.24, 2.45) is 0 Å². The first kappa shape index (κ1) is 12.4. The molecule has 3 rings (SSSR count). The number of hydrogen-bond donors (Lipinski definition) is 0. The van der Waals surface area contributed by atoms with E-state index >= 15 is 0 Å². The Kier molecular flexibility index (Phi) is 3.62. The molecule has 2 heterocycles. The fourth-order valence-corrected chi connectivity index (χ4v) is 2.33. The van der Waals surface area contributed by atoms with Gasteiger partial charge in [-0.05, 0) is 18.3 Å². The van der Waals surface area contributed by atoms with Crippen LogP contribution in [0.15, 0.2) is 48.2 Å². The standard InChI is InChI=1S/C15H15NO2S/c19-15-13(11-16-6-8-17-9-7-16)10-14(18-15)12-4-2-1-3-5-12/h1-5,10-11H,6-9H2. The van der Waals surface area contributed by atoms with Gasteiger partial charge in [-0.25, -0.2) is 0 Å². The highest BCUT2D eigenvalue weighted by Gasteiger charge is 2.19. The van der Waals surface area contributed by atoms with Crippen LogP contribution in [0, 0.1) is 0 Å². The van der Waals surface area contributed by atoms with E-state index in [0.717, 1.165) is 43.2 Å². The summed E-state index contributed by atoms with van der Waals surface area (Å²) in [6, 6.07) is 10.0. The summed E-state index contributed by atoms with van der Waals surface area (Å²) >= 11 is 5.29. The smallest absolute Gasteiger partial charge is 0.199 e. The number of morpholine rings is 1. The Balaban J connectivity index is 1.81. The third-order valence-corrected chi connectivity index (χ3v) is 3.47. The molecule has 0 spiro atoms. The van der Waals surface area contributed by atoms with Gasteiger partial charge in [0.1, 0.15) is 5.76 Å². The molecule has 0 saturated carbocycles. The summed E-state index contributed by atoms with van der Waals surface area (Å²) in [5, 5.41) is 0.547. The van der Waals surface area contributed by atoms with Gasteiger partial charge in [-0.3, -0.25) is 0 Å². The summed E-state index contributed by atoms with van der Waals surface area (Å²) in [6.07, 6.45) is 4.08. The van der Waals surface area contributed by atoms with Crippen LogP contribution in [0.3, 0.4) is 0 Å². The number of rotatable bonds is 2. The Morgan fingerprint density at radius 3 is 2.58 bits per heavy atom. The van der Waals surface area contributed by atoms with Crippen molar-refractivity contribution in [1.82, 2.24) is 4.90 Å². The van der Waals surface area contributed by atoms with E-state index in [2.05, 4.69) is 11.1 Å². The normalized spacial score (nSPS) is 21.5. The molecule has 0 bridgehead atoms. The van der Waals surface area contributed by atoms with Crippen molar-refractivity contribution < 1.29 is 9.47 Å². The van der Waals surface area contributed by atoms with Crippen molar-refractivity contribution in [3.8, 4) is 0 Å². The highest BCUT2D eigenvalue weighted by atomic mass is 32.1. The maximum atomic E-state index is 5.67. The van der Waals surface area contributed by atoms with Crippen molar-refractivity contribution in [2.75, 3.05) is 26.3 Å². The Hall–Kier alpha value is -1.65. The number of hydrogen-bond acceptors (Lipinski definition) is 4. The van der Waals surface area contributed by atoms with Gasteiger partial charge in [0.2, 0.25) is 0 Å². The van der Waals surface area contributed by atoms with E-state index in [1.807, 2.05) is 36.4 Å². The summed E-state index contributed by atoms with van der Waals surface area (Å²) in [6.45, 7) is 3.35. The molecule has 0 aliphatic carbocycles. The molecular weight excluding hydrogens is 258 g/mol. The highest BCUT2D eigenvalue weighted by molar-refractivity contribution is 7.80. The summed E-state index contributed by atoms with van der Waals surface area (Å²) in [7, 11) is 0. The van der Waals surface area contributed by atoms with E-state index < -0.39 is 0 Å². The molecule has 1 aromatic rings. The molecule has 0 amide bonds. The maximum absolute atomic E-state index is 5.67. The molecule has 1 aromatic carbocycles. The second-order valence-electron chi connectivity index (χ2n) is 4.50. The van der Waals surface area contributed by atoms with E-state index in [-0.39, 0.29) is 0 Å². The van der Waals surface area contributed by atoms with Crippen molar-refractivity contribution >= 4 is 23.0 Å². The zero-order valence-electron chi connectivity index (χ0n) is 10.5. The van der Waals surface area contributed by atoms with Crippen LogP contribution >= 0.6 is 12.2 Å². The zero-order valence-corrected chi connectivity index (χ0v) is 11.4. The van der Waals surface area contributed by atoms with Crippen LogP contribution in [0.25, 0.3) is 5.76 Å². The minimum atomic E-state index is 0.547. The van der Waals surface area contributed by atoms with Crippen LogP contribution in [0.1, 0.15) is 5.56 Å². The first-order valence-corrected chi connectivity index (χ1v) is 6.77. The van der Waals surface area contributed by atoms with Gasteiger partial charge in [-0.1, -0.05) is 30.3 Å². The lowest BCUT2D eigenvalue weighted by Gasteiger charge is -2.25. The highest BCUT2D eigenvalue weighted by Crippen LogP contribution is 2.27. The van der Waals surface area contributed by atoms with Gasteiger partial charge in [-0.15, -0.1) is 0 Å². The van der Waals surface area contributed by atoms with Crippen LogP contribution in [-0.2, 0) is 9.47 Å². The van der Waals surface area contributed by atoms with E-state index in [4.69, 9.17) is 21.7 Å². The van der Waals surface area contributed by atoms with Gasteiger partial charge in [0.05, 0.1) is 13.2 Å². The third-order valence-electron chi connectivity index (χ3n) is 3.15. The molecule has 4 heteroatoms. The topological polar surface area (TPSA) is 21.7 Å². The molecule has 1 fully saturated rings. The maximum Gasteiger partial charge on any atom is 0.199 e.